The van der Waals surface area contributed by atoms with E-state index < -0.39 is 0 Å². The maximum Gasteiger partial charge on any atom is 0.124 e. The number of nitrogens with zero attached hydrogens (tertiary/aromatic N) is 1. The molecule has 21 heavy (non-hydrogen) atoms. The Kier molecular flexibility index (Phi) is 5.37. The minimum atomic E-state index is 0.135. The van der Waals surface area contributed by atoms with Crippen molar-refractivity contribution in [2.24, 2.45) is 0 Å². The first kappa shape index (κ1) is 16.0. The number of aryl methyl sites for hydroxylation is 2. The minimum absolute atomic E-state index is 0.135. The Morgan fingerprint density at radius 2 is 1.95 bits per heavy atom. The molecule has 1 heterocycles. The summed E-state index contributed by atoms with van der Waals surface area (Å²) in [6.45, 7) is 11.3. The van der Waals surface area contributed by atoms with E-state index in [1.54, 1.807) is 11.3 Å². The van der Waals surface area contributed by atoms with Crippen LogP contribution in [-0.4, -0.2) is 17.6 Å². The van der Waals surface area contributed by atoms with E-state index in [0.29, 0.717) is 0 Å². The van der Waals surface area contributed by atoms with Crippen molar-refractivity contribution in [3.63, 3.8) is 0 Å². The van der Waals surface area contributed by atoms with Gasteiger partial charge in [0.05, 0.1) is 22.8 Å². The zero-order valence-electron chi connectivity index (χ0n) is 13.4. The van der Waals surface area contributed by atoms with Gasteiger partial charge in [-0.05, 0) is 40.3 Å². The molecule has 1 unspecified atom stereocenters. The molecule has 4 heteroatoms. The minimum Gasteiger partial charge on any atom is -0.491 e. The van der Waals surface area contributed by atoms with E-state index in [9.17, 15) is 0 Å². The van der Waals surface area contributed by atoms with Gasteiger partial charge in [-0.2, -0.15) is 0 Å². The van der Waals surface area contributed by atoms with Gasteiger partial charge >= 0.3 is 0 Å². The highest BCUT2D eigenvalue weighted by atomic mass is 32.1. The maximum absolute atomic E-state index is 5.99. The van der Waals surface area contributed by atoms with E-state index in [1.165, 1.54) is 10.4 Å². The van der Waals surface area contributed by atoms with Crippen LogP contribution in [0.5, 0.6) is 5.75 Å². The first-order valence-corrected chi connectivity index (χ1v) is 8.27. The van der Waals surface area contributed by atoms with Crippen molar-refractivity contribution in [3.05, 3.63) is 45.4 Å². The number of hydrogen-bond acceptors (Lipinski definition) is 4. The molecule has 0 radical (unpaired) electrons. The number of ether oxygens (including phenoxy) is 1. The third-order valence-corrected chi connectivity index (χ3v) is 4.34. The normalized spacial score (nSPS) is 12.7. The molecule has 2 aromatic rings. The summed E-state index contributed by atoms with van der Waals surface area (Å²) in [5.74, 6) is 0.948. The van der Waals surface area contributed by atoms with Crippen molar-refractivity contribution in [2.75, 3.05) is 6.54 Å². The SMILES string of the molecule is CCNC(c1ccccc1OC(C)C)c1sc(C)nc1C. The predicted molar refractivity (Wildman–Crippen MR) is 89.3 cm³/mol. The number of para-hydroxylation sites is 1. The van der Waals surface area contributed by atoms with Crippen molar-refractivity contribution < 1.29 is 4.74 Å². The maximum atomic E-state index is 5.99. The van der Waals surface area contributed by atoms with Gasteiger partial charge in [0.15, 0.2) is 0 Å². The molecule has 0 fully saturated rings. The van der Waals surface area contributed by atoms with Crippen LogP contribution < -0.4 is 10.1 Å². The molecule has 0 aliphatic heterocycles. The lowest BCUT2D eigenvalue weighted by atomic mass is 10.0. The molecule has 1 atom stereocenters. The van der Waals surface area contributed by atoms with Crippen LogP contribution in [0.4, 0.5) is 0 Å². The molecule has 0 bridgehead atoms. The van der Waals surface area contributed by atoms with Crippen LogP contribution in [0.15, 0.2) is 24.3 Å². The highest BCUT2D eigenvalue weighted by Gasteiger charge is 2.22. The number of aromatic nitrogens is 1. The van der Waals surface area contributed by atoms with Crippen molar-refractivity contribution in [3.8, 4) is 5.75 Å². The Labute approximate surface area is 131 Å². The quantitative estimate of drug-likeness (QED) is 0.866. The van der Waals surface area contributed by atoms with E-state index in [-0.39, 0.29) is 12.1 Å². The summed E-state index contributed by atoms with van der Waals surface area (Å²) in [7, 11) is 0. The summed E-state index contributed by atoms with van der Waals surface area (Å²) in [5, 5.41) is 4.68. The Balaban J connectivity index is 2.45. The molecule has 3 nitrogen and oxygen atoms in total. The Morgan fingerprint density at radius 1 is 1.24 bits per heavy atom. The monoisotopic (exact) mass is 304 g/mol. The Morgan fingerprint density at radius 3 is 2.52 bits per heavy atom. The Bertz CT molecular complexity index is 592. The van der Waals surface area contributed by atoms with Crippen molar-refractivity contribution in [1.82, 2.24) is 10.3 Å². The van der Waals surface area contributed by atoms with E-state index in [0.717, 1.165) is 23.0 Å². The summed E-state index contributed by atoms with van der Waals surface area (Å²) in [5.41, 5.74) is 2.28. The second-order valence-electron chi connectivity index (χ2n) is 5.38. The standard InChI is InChI=1S/C17H24N2OS/c1-6-18-16(17-12(4)19-13(5)21-17)14-9-7-8-10-15(14)20-11(2)3/h7-11,16,18H,6H2,1-5H3. The average Bonchev–Trinajstić information content (AvgIpc) is 2.75. The van der Waals surface area contributed by atoms with Crippen molar-refractivity contribution in [1.29, 1.82) is 0 Å². The first-order chi connectivity index (χ1) is 10.0. The van der Waals surface area contributed by atoms with Crippen LogP contribution >= 0.6 is 11.3 Å². The predicted octanol–water partition coefficient (Wildman–Crippen LogP) is 4.25. The van der Waals surface area contributed by atoms with E-state index in [2.05, 4.69) is 57.1 Å². The lowest BCUT2D eigenvalue weighted by Gasteiger charge is -2.22. The summed E-state index contributed by atoms with van der Waals surface area (Å²) in [6.07, 6.45) is 0.165. The van der Waals surface area contributed by atoms with Crippen LogP contribution in [0.1, 0.15) is 48.0 Å². The number of rotatable bonds is 6. The summed E-state index contributed by atoms with van der Waals surface area (Å²) < 4.78 is 5.99. The summed E-state index contributed by atoms with van der Waals surface area (Å²) >= 11 is 1.76. The lowest BCUT2D eigenvalue weighted by molar-refractivity contribution is 0.238. The third-order valence-electron chi connectivity index (χ3n) is 3.20. The van der Waals surface area contributed by atoms with Crippen LogP contribution in [0, 0.1) is 13.8 Å². The summed E-state index contributed by atoms with van der Waals surface area (Å²) in [6, 6.07) is 8.41. The van der Waals surface area contributed by atoms with Gasteiger partial charge in [0.1, 0.15) is 5.75 Å². The molecule has 0 spiro atoms. The fourth-order valence-electron chi connectivity index (χ4n) is 2.44. The van der Waals surface area contributed by atoms with Crippen LogP contribution in [0.25, 0.3) is 0 Å². The molecular weight excluding hydrogens is 280 g/mol. The molecule has 0 amide bonds. The summed E-state index contributed by atoms with van der Waals surface area (Å²) in [4.78, 5) is 5.84. The topological polar surface area (TPSA) is 34.1 Å². The van der Waals surface area contributed by atoms with Gasteiger partial charge < -0.3 is 10.1 Å². The highest BCUT2D eigenvalue weighted by Crippen LogP contribution is 2.35. The lowest BCUT2D eigenvalue weighted by Crippen LogP contribution is -2.23. The van der Waals surface area contributed by atoms with Crippen LogP contribution in [0.2, 0.25) is 0 Å². The van der Waals surface area contributed by atoms with Gasteiger partial charge in [0.2, 0.25) is 0 Å². The van der Waals surface area contributed by atoms with Gasteiger partial charge in [-0.25, -0.2) is 4.98 Å². The fourth-order valence-corrected chi connectivity index (χ4v) is 3.47. The molecule has 0 aliphatic carbocycles. The van der Waals surface area contributed by atoms with E-state index in [1.807, 2.05) is 12.1 Å². The molecule has 0 aliphatic rings. The largest absolute Gasteiger partial charge is 0.491 e. The van der Waals surface area contributed by atoms with Gasteiger partial charge in [0, 0.05) is 10.4 Å². The molecule has 0 saturated heterocycles. The molecular formula is C17H24N2OS. The molecule has 1 aromatic carbocycles. The van der Waals surface area contributed by atoms with Crippen molar-refractivity contribution >= 4 is 11.3 Å². The number of benzene rings is 1. The molecule has 0 saturated carbocycles. The average molecular weight is 304 g/mol. The second-order valence-corrected chi connectivity index (χ2v) is 6.61. The van der Waals surface area contributed by atoms with Crippen LogP contribution in [0.3, 0.4) is 0 Å². The van der Waals surface area contributed by atoms with E-state index >= 15 is 0 Å². The zero-order chi connectivity index (χ0) is 15.4. The third kappa shape index (κ3) is 3.83. The zero-order valence-corrected chi connectivity index (χ0v) is 14.3. The van der Waals surface area contributed by atoms with Gasteiger partial charge in [-0.1, -0.05) is 25.1 Å². The number of hydrogen-bond donors (Lipinski definition) is 1. The second kappa shape index (κ2) is 7.05. The number of nitrogens with one attached hydrogen (secondary N) is 1. The highest BCUT2D eigenvalue weighted by molar-refractivity contribution is 7.11. The van der Waals surface area contributed by atoms with Gasteiger partial charge in [-0.15, -0.1) is 11.3 Å². The number of thiazole rings is 1. The molecule has 1 N–H and O–H groups in total. The smallest absolute Gasteiger partial charge is 0.124 e. The molecule has 1 aromatic heterocycles. The van der Waals surface area contributed by atoms with Crippen LogP contribution in [-0.2, 0) is 0 Å². The molecule has 2 rings (SSSR count). The van der Waals surface area contributed by atoms with Gasteiger partial charge in [-0.3, -0.25) is 0 Å². The Hall–Kier alpha value is -1.39. The molecule has 114 valence electrons. The van der Waals surface area contributed by atoms with Gasteiger partial charge in [0.25, 0.3) is 0 Å². The fraction of sp³-hybridized carbons (Fsp3) is 0.471. The first-order valence-electron chi connectivity index (χ1n) is 7.45. The van der Waals surface area contributed by atoms with Crippen molar-refractivity contribution in [2.45, 2.75) is 46.8 Å². The van der Waals surface area contributed by atoms with E-state index in [4.69, 9.17) is 4.74 Å².